The lowest BCUT2D eigenvalue weighted by Gasteiger charge is -2.63. The quantitative estimate of drug-likeness (QED) is 0.665. The van der Waals surface area contributed by atoms with Gasteiger partial charge in [-0.1, -0.05) is 20.8 Å². The van der Waals surface area contributed by atoms with Crippen LogP contribution in [0.3, 0.4) is 0 Å². The number of aromatic hydroxyl groups is 1. The van der Waals surface area contributed by atoms with E-state index in [9.17, 15) is 5.11 Å². The van der Waals surface area contributed by atoms with E-state index in [1.54, 1.807) is 6.07 Å². The standard InChI is InChI=1S/C15H15O10P3/c1-7-5-10(16)9(11(2,3)4)6-8(7)12-13(19-26(17-12)18-12)14(21-27(20-13)22-14)15-23-28(24-15)25-15/h5-6,16H,1-4H3. The van der Waals surface area contributed by atoms with Gasteiger partial charge in [0.1, 0.15) is 5.75 Å². The molecule has 0 aromatic heterocycles. The van der Waals surface area contributed by atoms with Crippen LogP contribution in [-0.2, 0) is 51.9 Å². The lowest BCUT2D eigenvalue weighted by atomic mass is 9.80. The van der Waals surface area contributed by atoms with Gasteiger partial charge in [0, 0.05) is 5.56 Å². The third kappa shape index (κ3) is 1.62. The molecule has 9 heterocycles. The third-order valence-corrected chi connectivity index (χ3v) is 9.18. The van der Waals surface area contributed by atoms with Gasteiger partial charge < -0.3 is 5.11 Å². The Hall–Kier alpha value is -0.0500. The molecule has 1 aromatic rings. The molecule has 28 heavy (non-hydrogen) atoms. The lowest BCUT2D eigenvalue weighted by molar-refractivity contribution is -0.539. The molecule has 10 nitrogen and oxygen atoms in total. The number of benzene rings is 1. The molecule has 9 saturated heterocycles. The van der Waals surface area contributed by atoms with Gasteiger partial charge in [-0.25, -0.2) is 13.6 Å². The fraction of sp³-hybridized carbons (Fsp3) is 0.600. The SMILES string of the molecule is Cc1cc(O)c(C(C)(C)C)cc1C12OP(O1)OC21OP2OC1(C13OP(O1)O3)O2. The minimum atomic E-state index is -1.67. The van der Waals surface area contributed by atoms with Gasteiger partial charge in [-0.2, -0.15) is 0 Å². The Balaban J connectivity index is 1.41. The summed E-state index contributed by atoms with van der Waals surface area (Å²) in [4.78, 5) is 0. The predicted molar refractivity (Wildman–Crippen MR) is 91.9 cm³/mol. The summed E-state index contributed by atoms with van der Waals surface area (Å²) in [5.41, 5.74) is 1.81. The van der Waals surface area contributed by atoms with Gasteiger partial charge in [-0.05, 0) is 35.6 Å². The summed E-state index contributed by atoms with van der Waals surface area (Å²) in [6.07, 6.45) is 0. The molecule has 9 aliphatic heterocycles. The van der Waals surface area contributed by atoms with E-state index < -0.39 is 49.1 Å². The Morgan fingerprint density at radius 2 is 1.32 bits per heavy atom. The molecular formula is C15H15O10P3. The monoisotopic (exact) mass is 448 g/mol. The van der Waals surface area contributed by atoms with Crippen molar-refractivity contribution in [2.45, 2.75) is 56.4 Å². The fourth-order valence-corrected chi connectivity index (χ4v) is 8.11. The van der Waals surface area contributed by atoms with E-state index in [0.29, 0.717) is 5.56 Å². The second-order valence-electron chi connectivity index (χ2n) is 8.33. The van der Waals surface area contributed by atoms with E-state index >= 15 is 0 Å². The Labute approximate surface area is 163 Å². The number of phenolic OH excluding ortho intramolecular Hbond substituents is 1. The van der Waals surface area contributed by atoms with E-state index in [-0.39, 0.29) is 11.2 Å². The molecule has 0 saturated carbocycles. The first-order chi connectivity index (χ1) is 13.1. The number of hydrogen-bond donors (Lipinski definition) is 1. The number of hydrogen-bond acceptors (Lipinski definition) is 10. The summed E-state index contributed by atoms with van der Waals surface area (Å²) in [7, 11) is -4.67. The van der Waals surface area contributed by atoms with E-state index in [1.165, 1.54) is 0 Å². The van der Waals surface area contributed by atoms with Crippen LogP contribution >= 0.6 is 25.8 Å². The van der Waals surface area contributed by atoms with Crippen LogP contribution in [0.5, 0.6) is 5.75 Å². The third-order valence-electron chi connectivity index (χ3n) is 5.58. The second-order valence-corrected chi connectivity index (χ2v) is 11.3. The molecule has 1 unspecified atom stereocenters. The highest BCUT2D eigenvalue weighted by Gasteiger charge is 3.02. The van der Waals surface area contributed by atoms with Crippen LogP contribution in [0.15, 0.2) is 12.1 Å². The van der Waals surface area contributed by atoms with E-state index in [4.69, 9.17) is 40.7 Å². The van der Waals surface area contributed by atoms with Crippen LogP contribution in [0.1, 0.15) is 37.5 Å². The zero-order chi connectivity index (χ0) is 19.3. The zero-order valence-corrected chi connectivity index (χ0v) is 17.8. The van der Waals surface area contributed by atoms with E-state index in [0.717, 1.165) is 11.1 Å². The Bertz CT molecular complexity index is 916. The molecule has 150 valence electrons. The molecule has 0 amide bonds. The fourth-order valence-electron chi connectivity index (χ4n) is 4.16. The summed E-state index contributed by atoms with van der Waals surface area (Å²) in [6, 6.07) is 3.53. The highest BCUT2D eigenvalue weighted by atomic mass is 31.2. The second kappa shape index (κ2) is 4.73. The summed E-state index contributed by atoms with van der Waals surface area (Å²) in [6.45, 7) is 7.88. The molecule has 1 spiro atoms. The van der Waals surface area contributed by atoms with Crippen LogP contribution in [0.2, 0.25) is 0 Å². The molecular weight excluding hydrogens is 433 g/mol. The first-order valence-electron chi connectivity index (χ1n) is 8.61. The Morgan fingerprint density at radius 3 is 1.86 bits per heavy atom. The molecule has 1 atom stereocenters. The predicted octanol–water partition coefficient (Wildman–Crippen LogP) is 4.11. The van der Waals surface area contributed by atoms with Crippen LogP contribution in [-0.4, -0.2) is 22.7 Å². The summed E-state index contributed by atoms with van der Waals surface area (Å²) >= 11 is 0. The van der Waals surface area contributed by atoms with Gasteiger partial charge in [0.25, 0.3) is 5.79 Å². The number of rotatable bonds is 2. The maximum atomic E-state index is 10.5. The zero-order valence-electron chi connectivity index (χ0n) is 15.1. The van der Waals surface area contributed by atoms with Gasteiger partial charge in [-0.3, -0.25) is 27.1 Å². The average molecular weight is 448 g/mol. The van der Waals surface area contributed by atoms with Gasteiger partial charge in [-0.15, -0.1) is 0 Å². The van der Waals surface area contributed by atoms with Gasteiger partial charge in [0.05, 0.1) is 0 Å². The Morgan fingerprint density at radius 1 is 0.786 bits per heavy atom. The molecule has 9 fully saturated rings. The highest BCUT2D eigenvalue weighted by Crippen LogP contribution is 2.94. The largest absolute Gasteiger partial charge is 0.508 e. The van der Waals surface area contributed by atoms with Crippen molar-refractivity contribution in [1.82, 2.24) is 0 Å². The minimum absolute atomic E-state index is 0.195. The van der Waals surface area contributed by atoms with Gasteiger partial charge in [0.2, 0.25) is 0 Å². The van der Waals surface area contributed by atoms with Crippen LogP contribution < -0.4 is 0 Å². The van der Waals surface area contributed by atoms with Gasteiger partial charge in [0.15, 0.2) is 0 Å². The van der Waals surface area contributed by atoms with Crippen LogP contribution in [0.25, 0.3) is 0 Å². The van der Waals surface area contributed by atoms with Crippen molar-refractivity contribution in [2.75, 3.05) is 0 Å². The van der Waals surface area contributed by atoms with Crippen LogP contribution in [0, 0.1) is 6.92 Å². The van der Waals surface area contributed by atoms with Crippen molar-refractivity contribution in [2.24, 2.45) is 0 Å². The van der Waals surface area contributed by atoms with E-state index in [1.807, 2.05) is 33.8 Å². The van der Waals surface area contributed by atoms with E-state index in [2.05, 4.69) is 0 Å². The molecule has 1 aromatic carbocycles. The topological polar surface area (TPSA) is 103 Å². The van der Waals surface area contributed by atoms with Crippen LogP contribution in [0.4, 0.5) is 0 Å². The van der Waals surface area contributed by atoms with Crippen molar-refractivity contribution in [3.63, 3.8) is 0 Å². The average Bonchev–Trinajstić information content (AvgIpc) is 3.09. The maximum absolute atomic E-state index is 10.5. The normalized spacial score (nSPS) is 52.1. The molecule has 13 heteroatoms. The molecule has 6 bridgehead atoms. The summed E-state index contributed by atoms with van der Waals surface area (Å²) in [5.74, 6) is -6.01. The molecule has 0 radical (unpaired) electrons. The maximum Gasteiger partial charge on any atom is 0.367 e. The first kappa shape index (κ1) is 17.6. The highest BCUT2D eigenvalue weighted by molar-refractivity contribution is 7.46. The van der Waals surface area contributed by atoms with Crippen molar-refractivity contribution in [3.05, 3.63) is 28.8 Å². The summed E-state index contributed by atoms with van der Waals surface area (Å²) in [5, 5.41) is 10.5. The van der Waals surface area contributed by atoms with Crippen molar-refractivity contribution in [3.8, 4) is 5.75 Å². The van der Waals surface area contributed by atoms with Gasteiger partial charge >= 0.3 is 43.4 Å². The van der Waals surface area contributed by atoms with Crippen molar-refractivity contribution < 1.29 is 45.8 Å². The first-order valence-corrected chi connectivity index (χ1v) is 11.9. The van der Waals surface area contributed by atoms with Crippen molar-refractivity contribution >= 4 is 25.8 Å². The molecule has 9 aliphatic rings. The molecule has 10 rings (SSSR count). The number of phenols is 1. The summed E-state index contributed by atoms with van der Waals surface area (Å²) < 4.78 is 52.6. The van der Waals surface area contributed by atoms with Crippen molar-refractivity contribution in [1.29, 1.82) is 0 Å². The molecule has 1 N–H and O–H groups in total. The number of aryl methyl sites for hydroxylation is 1. The minimum Gasteiger partial charge on any atom is -0.508 e. The smallest absolute Gasteiger partial charge is 0.367 e. The lowest BCUT2D eigenvalue weighted by Crippen LogP contribution is -2.80. The molecule has 0 aliphatic carbocycles. The Kier molecular flexibility index (Phi) is 2.97.